The Bertz CT molecular complexity index is 484. The van der Waals surface area contributed by atoms with E-state index in [1.807, 2.05) is 42.5 Å². The van der Waals surface area contributed by atoms with Crippen LogP contribution in [0.5, 0.6) is 11.6 Å². The van der Waals surface area contributed by atoms with Gasteiger partial charge in [-0.2, -0.15) is 0 Å². The second-order valence-electron chi connectivity index (χ2n) is 3.63. The van der Waals surface area contributed by atoms with E-state index in [9.17, 15) is 0 Å². The highest BCUT2D eigenvalue weighted by Gasteiger charge is 2.22. The third-order valence-electron chi connectivity index (χ3n) is 2.55. The fraction of sp³-hybridized carbons (Fsp3) is 0.154. The quantitative estimate of drug-likeness (QED) is 0.729. The molecule has 2 aromatic rings. The monoisotopic (exact) mass is 213 g/mol. The van der Waals surface area contributed by atoms with Crippen molar-refractivity contribution < 1.29 is 9.47 Å². The van der Waals surface area contributed by atoms with Crippen LogP contribution in [0.2, 0.25) is 0 Å². The molecule has 3 heteroatoms. The summed E-state index contributed by atoms with van der Waals surface area (Å²) in [5.41, 5.74) is 1.11. The zero-order chi connectivity index (χ0) is 10.8. The number of rotatable bonds is 1. The van der Waals surface area contributed by atoms with Crippen LogP contribution in [0.15, 0.2) is 48.7 Å². The predicted molar refractivity (Wildman–Crippen MR) is 59.5 cm³/mol. The molecule has 0 bridgehead atoms. The number of fused-ring (bicyclic) bond motifs is 1. The van der Waals surface area contributed by atoms with Gasteiger partial charge in [0.25, 0.3) is 5.88 Å². The number of ether oxygens (including phenoxy) is 2. The summed E-state index contributed by atoms with van der Waals surface area (Å²) in [6.45, 7) is 0.530. The van der Waals surface area contributed by atoms with Gasteiger partial charge in [0.05, 0.1) is 0 Å². The zero-order valence-electron chi connectivity index (χ0n) is 8.67. The molecule has 1 aromatic carbocycles. The summed E-state index contributed by atoms with van der Waals surface area (Å²) >= 11 is 0. The molecule has 0 aliphatic carbocycles. The predicted octanol–water partition coefficient (Wildman–Crippen LogP) is 2.59. The summed E-state index contributed by atoms with van der Waals surface area (Å²) in [7, 11) is 0. The largest absolute Gasteiger partial charge is 0.484 e. The van der Waals surface area contributed by atoms with Crippen molar-refractivity contribution in [1.82, 2.24) is 4.98 Å². The fourth-order valence-electron chi connectivity index (χ4n) is 1.74. The van der Waals surface area contributed by atoms with Gasteiger partial charge in [-0.25, -0.2) is 4.98 Å². The van der Waals surface area contributed by atoms with Crippen molar-refractivity contribution >= 4 is 0 Å². The van der Waals surface area contributed by atoms with Gasteiger partial charge in [-0.05, 0) is 17.7 Å². The Labute approximate surface area is 93.7 Å². The van der Waals surface area contributed by atoms with Crippen LogP contribution in [0.4, 0.5) is 0 Å². The molecule has 1 aliphatic rings. The molecule has 0 N–H and O–H groups in total. The highest BCUT2D eigenvalue weighted by molar-refractivity contribution is 5.35. The maximum Gasteiger partial charge on any atom is 0.257 e. The van der Waals surface area contributed by atoms with Crippen molar-refractivity contribution in [1.29, 1.82) is 0 Å². The molecule has 1 atom stereocenters. The first kappa shape index (κ1) is 9.21. The second kappa shape index (κ2) is 3.85. The van der Waals surface area contributed by atoms with Crippen LogP contribution in [0.1, 0.15) is 11.7 Å². The Morgan fingerprint density at radius 1 is 1.06 bits per heavy atom. The van der Waals surface area contributed by atoms with Crippen molar-refractivity contribution in [3.8, 4) is 11.6 Å². The lowest BCUT2D eigenvalue weighted by atomic mass is 10.1. The Morgan fingerprint density at radius 3 is 2.81 bits per heavy atom. The Balaban J connectivity index is 1.89. The van der Waals surface area contributed by atoms with Crippen molar-refractivity contribution in [3.63, 3.8) is 0 Å². The van der Waals surface area contributed by atoms with Gasteiger partial charge in [0.15, 0.2) is 11.9 Å². The van der Waals surface area contributed by atoms with Crippen molar-refractivity contribution in [2.24, 2.45) is 0 Å². The Morgan fingerprint density at radius 2 is 1.94 bits per heavy atom. The highest BCUT2D eigenvalue weighted by atomic mass is 16.6. The standard InChI is InChI=1S/C13H11NO2/c1-2-5-10(6-3-1)12-9-15-11-7-4-8-14-13(11)16-12/h1-8,12H,9H2. The van der Waals surface area contributed by atoms with Crippen LogP contribution in [0.3, 0.4) is 0 Å². The average Bonchev–Trinajstić information content (AvgIpc) is 2.39. The molecular weight excluding hydrogens is 202 g/mol. The maximum absolute atomic E-state index is 5.78. The van der Waals surface area contributed by atoms with Crippen LogP contribution in [0, 0.1) is 0 Å². The lowest BCUT2D eigenvalue weighted by Gasteiger charge is -2.25. The molecular formula is C13H11NO2. The molecule has 3 nitrogen and oxygen atoms in total. The topological polar surface area (TPSA) is 31.4 Å². The van der Waals surface area contributed by atoms with Gasteiger partial charge < -0.3 is 9.47 Å². The average molecular weight is 213 g/mol. The van der Waals surface area contributed by atoms with Crippen molar-refractivity contribution in [2.45, 2.75) is 6.10 Å². The Kier molecular flexibility index (Phi) is 2.22. The van der Waals surface area contributed by atoms with Crippen LogP contribution in [0.25, 0.3) is 0 Å². The van der Waals surface area contributed by atoms with Gasteiger partial charge in [-0.3, -0.25) is 0 Å². The summed E-state index contributed by atoms with van der Waals surface area (Å²) in [6.07, 6.45) is 1.64. The molecule has 80 valence electrons. The van der Waals surface area contributed by atoms with E-state index in [2.05, 4.69) is 4.98 Å². The smallest absolute Gasteiger partial charge is 0.257 e. The van der Waals surface area contributed by atoms with Crippen LogP contribution in [-0.2, 0) is 0 Å². The number of aromatic nitrogens is 1. The molecule has 16 heavy (non-hydrogen) atoms. The SMILES string of the molecule is c1ccc(C2COc3cccnc3O2)cc1. The van der Waals surface area contributed by atoms with Gasteiger partial charge >= 0.3 is 0 Å². The minimum absolute atomic E-state index is 0.0661. The first-order valence-corrected chi connectivity index (χ1v) is 5.23. The minimum atomic E-state index is -0.0661. The maximum atomic E-state index is 5.78. The van der Waals surface area contributed by atoms with Crippen LogP contribution >= 0.6 is 0 Å². The molecule has 1 unspecified atom stereocenters. The van der Waals surface area contributed by atoms with E-state index < -0.39 is 0 Å². The molecule has 1 aromatic heterocycles. The van der Waals surface area contributed by atoms with Crippen molar-refractivity contribution in [3.05, 3.63) is 54.2 Å². The van der Waals surface area contributed by atoms with Crippen LogP contribution < -0.4 is 9.47 Å². The highest BCUT2D eigenvalue weighted by Crippen LogP contribution is 2.33. The summed E-state index contributed by atoms with van der Waals surface area (Å²) < 4.78 is 11.4. The molecule has 0 saturated carbocycles. The van der Waals surface area contributed by atoms with E-state index in [4.69, 9.17) is 9.47 Å². The molecule has 0 saturated heterocycles. The van der Waals surface area contributed by atoms with Gasteiger partial charge in [-0.15, -0.1) is 0 Å². The lowest BCUT2D eigenvalue weighted by Crippen LogP contribution is -2.22. The third-order valence-corrected chi connectivity index (χ3v) is 2.55. The second-order valence-corrected chi connectivity index (χ2v) is 3.63. The number of nitrogens with zero attached hydrogens (tertiary/aromatic N) is 1. The number of hydrogen-bond donors (Lipinski definition) is 0. The third kappa shape index (κ3) is 1.60. The molecule has 0 radical (unpaired) electrons. The number of pyridine rings is 1. The van der Waals surface area contributed by atoms with Gasteiger partial charge in [0, 0.05) is 6.20 Å². The summed E-state index contributed by atoms with van der Waals surface area (Å²) in [5, 5.41) is 0. The van der Waals surface area contributed by atoms with Crippen molar-refractivity contribution in [2.75, 3.05) is 6.61 Å². The first-order chi connectivity index (χ1) is 7.93. The van der Waals surface area contributed by atoms with Crippen LogP contribution in [-0.4, -0.2) is 11.6 Å². The van der Waals surface area contributed by atoms with E-state index in [0.717, 1.165) is 11.3 Å². The number of benzene rings is 1. The zero-order valence-corrected chi connectivity index (χ0v) is 8.67. The fourth-order valence-corrected chi connectivity index (χ4v) is 1.74. The first-order valence-electron chi connectivity index (χ1n) is 5.23. The molecule has 0 amide bonds. The van der Waals surface area contributed by atoms with Gasteiger partial charge in [-0.1, -0.05) is 30.3 Å². The summed E-state index contributed by atoms with van der Waals surface area (Å²) in [5.74, 6) is 1.29. The molecule has 2 heterocycles. The lowest BCUT2D eigenvalue weighted by molar-refractivity contribution is 0.0851. The molecule has 0 spiro atoms. The van der Waals surface area contributed by atoms with Gasteiger partial charge in [0.2, 0.25) is 0 Å². The van der Waals surface area contributed by atoms with E-state index >= 15 is 0 Å². The van der Waals surface area contributed by atoms with Gasteiger partial charge in [0.1, 0.15) is 6.61 Å². The van der Waals surface area contributed by atoms with E-state index in [1.54, 1.807) is 6.20 Å². The minimum Gasteiger partial charge on any atom is -0.484 e. The van der Waals surface area contributed by atoms with E-state index in [-0.39, 0.29) is 6.10 Å². The number of hydrogen-bond acceptors (Lipinski definition) is 3. The molecule has 0 fully saturated rings. The summed E-state index contributed by atoms with van der Waals surface area (Å²) in [6, 6.07) is 13.7. The normalized spacial score (nSPS) is 18.1. The summed E-state index contributed by atoms with van der Waals surface area (Å²) in [4.78, 5) is 4.15. The van der Waals surface area contributed by atoms with E-state index in [1.165, 1.54) is 0 Å². The molecule has 1 aliphatic heterocycles. The van der Waals surface area contributed by atoms with E-state index in [0.29, 0.717) is 12.5 Å². The molecule has 3 rings (SSSR count). The Hall–Kier alpha value is -2.03.